The molecule has 0 aromatic heterocycles. The molecule has 1 atom stereocenters. The number of alkyl halides is 3. The normalized spacial score (nSPS) is 19.7. The first-order valence-corrected chi connectivity index (χ1v) is 5.92. The molecule has 100 valence electrons. The van der Waals surface area contributed by atoms with Crippen LogP contribution in [-0.4, -0.2) is 11.1 Å². The molecule has 0 heterocycles. The van der Waals surface area contributed by atoms with E-state index in [4.69, 9.17) is 17.3 Å². The minimum Gasteiger partial charge on any atom is -0.507 e. The number of phenols is 1. The molecule has 18 heavy (non-hydrogen) atoms. The summed E-state index contributed by atoms with van der Waals surface area (Å²) in [4.78, 5) is 0. The second kappa shape index (κ2) is 4.03. The van der Waals surface area contributed by atoms with Crippen LogP contribution in [0.4, 0.5) is 13.2 Å². The van der Waals surface area contributed by atoms with Crippen molar-refractivity contribution in [2.24, 2.45) is 5.73 Å². The predicted molar refractivity (Wildman–Crippen MR) is 62.7 cm³/mol. The Balaban J connectivity index is 2.60. The summed E-state index contributed by atoms with van der Waals surface area (Å²) in [6.45, 7) is 1.72. The van der Waals surface area contributed by atoms with Crippen molar-refractivity contribution in [3.63, 3.8) is 0 Å². The van der Waals surface area contributed by atoms with Crippen molar-refractivity contribution in [1.29, 1.82) is 0 Å². The van der Waals surface area contributed by atoms with Crippen LogP contribution in [-0.2, 0) is 11.6 Å². The number of benzene rings is 1. The summed E-state index contributed by atoms with van der Waals surface area (Å²) in [5.74, 6) is -0.748. The molecule has 1 aromatic rings. The van der Waals surface area contributed by atoms with Crippen molar-refractivity contribution in [1.82, 2.24) is 0 Å². The molecule has 1 unspecified atom stereocenters. The summed E-state index contributed by atoms with van der Waals surface area (Å²) in [6, 6.07) is 1.78. The van der Waals surface area contributed by atoms with E-state index in [1.54, 1.807) is 6.92 Å². The van der Waals surface area contributed by atoms with Gasteiger partial charge < -0.3 is 10.8 Å². The first-order valence-electron chi connectivity index (χ1n) is 5.54. The van der Waals surface area contributed by atoms with E-state index in [0.29, 0.717) is 12.8 Å². The average Bonchev–Trinajstić information content (AvgIpc) is 3.00. The van der Waals surface area contributed by atoms with Crippen molar-refractivity contribution in [3.8, 4) is 5.75 Å². The van der Waals surface area contributed by atoms with Crippen LogP contribution in [0.2, 0.25) is 5.02 Å². The maximum Gasteiger partial charge on any atom is 0.420 e. The van der Waals surface area contributed by atoms with E-state index >= 15 is 0 Å². The maximum atomic E-state index is 12.8. The standard InChI is InChI=1S/C12H13ClF3NO/c1-6(17)11(2-3-11)8-4-7(13)5-9(10(8)18)12(14,15)16/h4-6,18H,2-3,17H2,1H3. The highest BCUT2D eigenvalue weighted by Crippen LogP contribution is 2.55. The first-order chi connectivity index (χ1) is 8.18. The Morgan fingerprint density at radius 2 is 1.94 bits per heavy atom. The topological polar surface area (TPSA) is 46.2 Å². The van der Waals surface area contributed by atoms with Crippen LogP contribution in [0, 0.1) is 0 Å². The van der Waals surface area contributed by atoms with Gasteiger partial charge in [0, 0.05) is 22.0 Å². The van der Waals surface area contributed by atoms with E-state index in [9.17, 15) is 18.3 Å². The van der Waals surface area contributed by atoms with Crippen LogP contribution < -0.4 is 5.73 Å². The minimum absolute atomic E-state index is 0.0398. The van der Waals surface area contributed by atoms with Gasteiger partial charge in [0.15, 0.2) is 0 Å². The third-order valence-electron chi connectivity index (χ3n) is 3.58. The second-order valence-corrected chi connectivity index (χ2v) is 5.23. The molecule has 6 heteroatoms. The summed E-state index contributed by atoms with van der Waals surface area (Å²) >= 11 is 5.71. The highest BCUT2D eigenvalue weighted by molar-refractivity contribution is 6.30. The fourth-order valence-corrected chi connectivity index (χ4v) is 2.52. The molecule has 0 radical (unpaired) electrons. The molecule has 0 saturated heterocycles. The van der Waals surface area contributed by atoms with Gasteiger partial charge in [0.25, 0.3) is 0 Å². The number of phenolic OH excluding ortho intramolecular Hbond substituents is 1. The number of nitrogens with two attached hydrogens (primary N) is 1. The summed E-state index contributed by atoms with van der Waals surface area (Å²) in [7, 11) is 0. The molecular formula is C12H13ClF3NO. The van der Waals surface area contributed by atoms with E-state index in [1.807, 2.05) is 0 Å². The van der Waals surface area contributed by atoms with Gasteiger partial charge in [0.05, 0.1) is 5.56 Å². The van der Waals surface area contributed by atoms with Gasteiger partial charge in [-0.05, 0) is 31.9 Å². The summed E-state index contributed by atoms with van der Waals surface area (Å²) < 4.78 is 38.3. The average molecular weight is 280 g/mol. The lowest BCUT2D eigenvalue weighted by atomic mass is 9.87. The van der Waals surface area contributed by atoms with Gasteiger partial charge in [-0.2, -0.15) is 13.2 Å². The molecule has 0 aliphatic heterocycles. The van der Waals surface area contributed by atoms with Crippen molar-refractivity contribution in [2.75, 3.05) is 0 Å². The summed E-state index contributed by atoms with van der Waals surface area (Å²) in [5.41, 5.74) is 4.34. The lowest BCUT2D eigenvalue weighted by Crippen LogP contribution is -2.32. The zero-order valence-corrected chi connectivity index (χ0v) is 10.4. The molecule has 0 spiro atoms. The van der Waals surface area contributed by atoms with E-state index in [1.165, 1.54) is 6.07 Å². The van der Waals surface area contributed by atoms with Gasteiger partial charge in [0.2, 0.25) is 0 Å². The molecule has 1 aliphatic rings. The van der Waals surface area contributed by atoms with E-state index < -0.39 is 22.9 Å². The molecule has 1 saturated carbocycles. The van der Waals surface area contributed by atoms with Crippen LogP contribution in [0.25, 0.3) is 0 Å². The van der Waals surface area contributed by atoms with Gasteiger partial charge in [-0.3, -0.25) is 0 Å². The van der Waals surface area contributed by atoms with Gasteiger partial charge in [-0.25, -0.2) is 0 Å². The van der Waals surface area contributed by atoms with Crippen LogP contribution in [0.1, 0.15) is 30.9 Å². The Morgan fingerprint density at radius 3 is 2.33 bits per heavy atom. The number of aromatic hydroxyl groups is 1. The Labute approximate surface area is 108 Å². The van der Waals surface area contributed by atoms with Crippen molar-refractivity contribution < 1.29 is 18.3 Å². The lowest BCUT2D eigenvalue weighted by Gasteiger charge is -2.23. The largest absolute Gasteiger partial charge is 0.507 e. The third-order valence-corrected chi connectivity index (χ3v) is 3.80. The van der Waals surface area contributed by atoms with Crippen molar-refractivity contribution in [3.05, 3.63) is 28.3 Å². The number of rotatable bonds is 2. The molecule has 0 bridgehead atoms. The monoisotopic (exact) mass is 279 g/mol. The molecule has 2 nitrogen and oxygen atoms in total. The molecule has 0 amide bonds. The number of hydrogen-bond acceptors (Lipinski definition) is 2. The Morgan fingerprint density at radius 1 is 1.39 bits per heavy atom. The van der Waals surface area contributed by atoms with Crippen LogP contribution >= 0.6 is 11.6 Å². The Kier molecular flexibility index (Phi) is 3.02. The van der Waals surface area contributed by atoms with Crippen molar-refractivity contribution >= 4 is 11.6 Å². The Bertz CT molecular complexity index is 481. The predicted octanol–water partition coefficient (Wildman–Crippen LogP) is 3.44. The van der Waals surface area contributed by atoms with E-state index in [2.05, 4.69) is 0 Å². The van der Waals surface area contributed by atoms with Crippen molar-refractivity contribution in [2.45, 2.75) is 37.4 Å². The number of hydrogen-bond donors (Lipinski definition) is 2. The smallest absolute Gasteiger partial charge is 0.420 e. The van der Waals surface area contributed by atoms with Crippen LogP contribution in [0.5, 0.6) is 5.75 Å². The van der Waals surface area contributed by atoms with Gasteiger partial charge >= 0.3 is 6.18 Å². The molecule has 1 aromatic carbocycles. The fraction of sp³-hybridized carbons (Fsp3) is 0.500. The molecule has 2 rings (SSSR count). The van der Waals surface area contributed by atoms with Gasteiger partial charge in [0.1, 0.15) is 5.75 Å². The quantitative estimate of drug-likeness (QED) is 0.871. The Hall–Kier alpha value is -0.940. The highest BCUT2D eigenvalue weighted by Gasteiger charge is 2.50. The van der Waals surface area contributed by atoms with E-state index in [0.717, 1.165) is 6.07 Å². The van der Waals surface area contributed by atoms with Crippen LogP contribution in [0.3, 0.4) is 0 Å². The zero-order valence-electron chi connectivity index (χ0n) is 9.68. The first kappa shape index (κ1) is 13.5. The van der Waals surface area contributed by atoms with Gasteiger partial charge in [-0.1, -0.05) is 11.6 Å². The minimum atomic E-state index is -4.63. The SMILES string of the molecule is CC(N)C1(c2cc(Cl)cc(C(F)(F)F)c2O)CC1. The second-order valence-electron chi connectivity index (χ2n) is 4.79. The summed E-state index contributed by atoms with van der Waals surface area (Å²) in [5, 5.41) is 9.80. The third kappa shape index (κ3) is 2.06. The highest BCUT2D eigenvalue weighted by atomic mass is 35.5. The number of halogens is 4. The maximum absolute atomic E-state index is 12.8. The zero-order chi connectivity index (χ0) is 13.7. The van der Waals surface area contributed by atoms with Gasteiger partial charge in [-0.15, -0.1) is 0 Å². The fourth-order valence-electron chi connectivity index (χ4n) is 2.30. The summed E-state index contributed by atoms with van der Waals surface area (Å²) in [6.07, 6.45) is -3.30. The molecule has 1 aliphatic carbocycles. The molecule has 3 N–H and O–H groups in total. The molecule has 1 fully saturated rings. The van der Waals surface area contributed by atoms with E-state index in [-0.39, 0.29) is 16.6 Å². The molecular weight excluding hydrogens is 267 g/mol. The van der Waals surface area contributed by atoms with Crippen LogP contribution in [0.15, 0.2) is 12.1 Å². The lowest BCUT2D eigenvalue weighted by molar-refractivity contribution is -0.138.